The Morgan fingerprint density at radius 2 is 1.62 bits per heavy atom. The van der Waals surface area contributed by atoms with Crippen LogP contribution < -0.4 is 0 Å². The van der Waals surface area contributed by atoms with Crippen molar-refractivity contribution in [1.82, 2.24) is 4.90 Å². The summed E-state index contributed by atoms with van der Waals surface area (Å²) in [5.74, 6) is -2.28. The number of likely N-dealkylation sites (tertiary alicyclic amines) is 1. The molecule has 47 heavy (non-hydrogen) atoms. The smallest absolute Gasteiger partial charge is 0.227 e. The Bertz CT molecular complexity index is 1350. The highest BCUT2D eigenvalue weighted by Crippen LogP contribution is 2.65. The van der Waals surface area contributed by atoms with E-state index in [-0.39, 0.29) is 66.2 Å². The summed E-state index contributed by atoms with van der Waals surface area (Å²) in [7, 11) is -3.29. The van der Waals surface area contributed by atoms with Crippen molar-refractivity contribution in [3.8, 4) is 0 Å². The van der Waals surface area contributed by atoms with Gasteiger partial charge in [-0.15, -0.1) is 6.58 Å². The van der Waals surface area contributed by atoms with Gasteiger partial charge in [-0.2, -0.15) is 0 Å². The maximum absolute atomic E-state index is 14.5. The molecule has 1 aliphatic heterocycles. The fourth-order valence-corrected chi connectivity index (χ4v) is 10.7. The van der Waals surface area contributed by atoms with E-state index in [4.69, 9.17) is 0 Å². The van der Waals surface area contributed by atoms with Crippen molar-refractivity contribution < 1.29 is 32.4 Å². The molecule has 264 valence electrons. The van der Waals surface area contributed by atoms with Crippen LogP contribution in [0.1, 0.15) is 125 Å². The molecule has 8 nitrogen and oxygen atoms in total. The summed E-state index contributed by atoms with van der Waals surface area (Å²) in [4.78, 5) is 70.4. The van der Waals surface area contributed by atoms with Crippen molar-refractivity contribution in [3.63, 3.8) is 0 Å². The Balaban J connectivity index is 1.54. The van der Waals surface area contributed by atoms with Crippen LogP contribution in [0.4, 0.5) is 0 Å². The molecule has 0 N–H and O–H groups in total. The molecule has 1 saturated heterocycles. The van der Waals surface area contributed by atoms with Gasteiger partial charge in [-0.25, -0.2) is 8.42 Å². The number of ketones is 4. The van der Waals surface area contributed by atoms with Gasteiger partial charge in [0.15, 0.2) is 11.6 Å². The van der Waals surface area contributed by atoms with E-state index in [1.165, 1.54) is 6.26 Å². The summed E-state index contributed by atoms with van der Waals surface area (Å²) in [5.41, 5.74) is -1.27. The first-order valence-electron chi connectivity index (χ1n) is 18.0. The molecule has 5 atom stereocenters. The Labute approximate surface area is 283 Å². The van der Waals surface area contributed by atoms with E-state index in [2.05, 4.69) is 20.4 Å². The minimum atomic E-state index is -3.29. The fraction of sp³-hybridized carbons (Fsp3) is 0.816. The average molecular weight is 674 g/mol. The van der Waals surface area contributed by atoms with E-state index in [0.29, 0.717) is 38.1 Å². The van der Waals surface area contributed by atoms with Crippen molar-refractivity contribution in [2.24, 2.45) is 45.8 Å². The van der Waals surface area contributed by atoms with Crippen molar-refractivity contribution in [1.29, 1.82) is 0 Å². The van der Waals surface area contributed by atoms with Gasteiger partial charge in [0.05, 0.1) is 11.8 Å². The zero-order valence-corrected chi connectivity index (χ0v) is 30.6. The fourth-order valence-electron chi connectivity index (χ4n) is 9.16. The highest BCUT2D eigenvalue weighted by Gasteiger charge is 2.69. The summed E-state index contributed by atoms with van der Waals surface area (Å²) >= 11 is 0. The van der Waals surface area contributed by atoms with Crippen molar-refractivity contribution in [3.05, 3.63) is 12.7 Å². The summed E-state index contributed by atoms with van der Waals surface area (Å²) in [6.07, 6.45) is 11.3. The molecule has 0 aromatic carbocycles. The average Bonchev–Trinajstić information content (AvgIpc) is 3.25. The van der Waals surface area contributed by atoms with Crippen LogP contribution in [-0.4, -0.2) is 67.0 Å². The van der Waals surface area contributed by atoms with Crippen molar-refractivity contribution in [2.45, 2.75) is 131 Å². The first-order valence-corrected chi connectivity index (χ1v) is 20.1. The molecule has 0 bridgehead atoms. The topological polar surface area (TPSA) is 123 Å². The van der Waals surface area contributed by atoms with Gasteiger partial charge in [0.1, 0.15) is 15.6 Å². The molecular formula is C38H59NO7S. The number of hydrogen-bond donors (Lipinski definition) is 0. The number of rotatable bonds is 17. The molecular weight excluding hydrogens is 614 g/mol. The van der Waals surface area contributed by atoms with E-state index in [1.54, 1.807) is 11.0 Å². The van der Waals surface area contributed by atoms with Gasteiger partial charge in [0.25, 0.3) is 0 Å². The molecule has 0 radical (unpaired) electrons. The molecule has 3 aliphatic carbocycles. The lowest BCUT2D eigenvalue weighted by Crippen LogP contribution is -2.51. The highest BCUT2D eigenvalue weighted by molar-refractivity contribution is 7.90. The predicted molar refractivity (Wildman–Crippen MR) is 183 cm³/mol. The van der Waals surface area contributed by atoms with Crippen LogP contribution in [-0.2, 0) is 33.8 Å². The Morgan fingerprint density at radius 1 is 0.979 bits per heavy atom. The number of Topliss-reactive ketones (excluding diaryl/α,β-unsaturated/α-hetero) is 4. The number of fused-ring (bicyclic) bond motifs is 1. The van der Waals surface area contributed by atoms with E-state index >= 15 is 0 Å². The standard InChI is InChI=1S/C38H59NO7S/c1-8-9-16-30(41)34(43)26(19-25-14-13-15-25)20-31(42)33-32-29(37(32,5)6)23-39(33)35(44)28(36(2,3)4)21-27(40)22-38(24-47(7,45)46)17-11-10-12-18-38/h8,25-26,28-29,32-33H,1,9-24H2,2-7H3/t26?,28-,29?,32+,33-/m1/s1. The summed E-state index contributed by atoms with van der Waals surface area (Å²) in [5, 5.41) is 0. The van der Waals surface area contributed by atoms with Gasteiger partial charge in [0, 0.05) is 50.3 Å². The molecule has 9 heteroatoms. The van der Waals surface area contributed by atoms with Crippen LogP contribution >= 0.6 is 0 Å². The van der Waals surface area contributed by atoms with Gasteiger partial charge in [0.2, 0.25) is 11.7 Å². The third-order valence-electron chi connectivity index (χ3n) is 12.2. The normalized spacial score (nSPS) is 26.4. The lowest BCUT2D eigenvalue weighted by atomic mass is 9.70. The zero-order valence-electron chi connectivity index (χ0n) is 29.8. The Hall–Kier alpha value is -2.16. The van der Waals surface area contributed by atoms with Crippen LogP contribution in [0.2, 0.25) is 0 Å². The second-order valence-corrected chi connectivity index (χ2v) is 19.5. The van der Waals surface area contributed by atoms with Gasteiger partial charge >= 0.3 is 0 Å². The lowest BCUT2D eigenvalue weighted by Gasteiger charge is -2.39. The second-order valence-electron chi connectivity index (χ2n) is 17.4. The number of amides is 1. The van der Waals surface area contributed by atoms with Crippen molar-refractivity contribution in [2.75, 3.05) is 18.6 Å². The molecule has 0 aromatic rings. The Morgan fingerprint density at radius 3 is 2.15 bits per heavy atom. The number of allylic oxidation sites excluding steroid dienone is 1. The number of hydrogen-bond acceptors (Lipinski definition) is 7. The van der Waals surface area contributed by atoms with Gasteiger partial charge in [-0.3, -0.25) is 24.0 Å². The van der Waals surface area contributed by atoms with Crippen LogP contribution in [0.15, 0.2) is 12.7 Å². The maximum atomic E-state index is 14.5. The van der Waals surface area contributed by atoms with Crippen LogP contribution in [0.5, 0.6) is 0 Å². The first-order chi connectivity index (χ1) is 21.8. The predicted octanol–water partition coefficient (Wildman–Crippen LogP) is 6.35. The first kappa shape index (κ1) is 37.7. The summed E-state index contributed by atoms with van der Waals surface area (Å²) < 4.78 is 24.7. The van der Waals surface area contributed by atoms with E-state index in [1.807, 2.05) is 20.8 Å². The molecule has 0 aromatic heterocycles. The summed E-state index contributed by atoms with van der Waals surface area (Å²) in [6, 6.07) is -0.683. The molecule has 3 saturated carbocycles. The lowest BCUT2D eigenvalue weighted by molar-refractivity contribution is -0.148. The molecule has 1 amide bonds. The molecule has 4 aliphatic rings. The molecule has 2 unspecified atom stereocenters. The minimum absolute atomic E-state index is 0.00454. The highest BCUT2D eigenvalue weighted by atomic mass is 32.2. The van der Waals surface area contributed by atoms with E-state index in [9.17, 15) is 32.4 Å². The van der Waals surface area contributed by atoms with E-state index in [0.717, 1.165) is 38.5 Å². The SMILES string of the molecule is C=CCCC(=O)C(=O)C(CC(=O)[C@@H]1[C@@H]2C(CN1C(=O)[C@@H](CC(=O)CC1(CS(C)(=O)=O)CCCCC1)C(C)(C)C)C2(C)C)CC1CCC1. The van der Waals surface area contributed by atoms with E-state index < -0.39 is 50.1 Å². The van der Waals surface area contributed by atoms with Crippen LogP contribution in [0.25, 0.3) is 0 Å². The number of carbonyl (C=O) groups is 5. The number of nitrogens with zero attached hydrogens (tertiary/aromatic N) is 1. The quantitative estimate of drug-likeness (QED) is 0.130. The molecule has 4 fully saturated rings. The van der Waals surface area contributed by atoms with Gasteiger partial charge < -0.3 is 4.90 Å². The number of carbonyl (C=O) groups excluding carboxylic acids is 5. The molecule has 1 heterocycles. The van der Waals surface area contributed by atoms with Crippen LogP contribution in [0.3, 0.4) is 0 Å². The maximum Gasteiger partial charge on any atom is 0.227 e. The van der Waals surface area contributed by atoms with Gasteiger partial charge in [-0.05, 0) is 59.7 Å². The van der Waals surface area contributed by atoms with Crippen LogP contribution in [0, 0.1) is 45.8 Å². The minimum Gasteiger partial charge on any atom is -0.332 e. The summed E-state index contributed by atoms with van der Waals surface area (Å²) in [6.45, 7) is 14.2. The molecule has 4 rings (SSSR count). The second kappa shape index (κ2) is 14.4. The largest absolute Gasteiger partial charge is 0.332 e. The van der Waals surface area contributed by atoms with Crippen molar-refractivity contribution >= 4 is 38.9 Å². The third-order valence-corrected chi connectivity index (χ3v) is 13.3. The number of piperidine rings is 1. The zero-order chi connectivity index (χ0) is 34.9. The Kier molecular flexibility index (Phi) is 11.5. The third kappa shape index (κ3) is 8.90. The monoisotopic (exact) mass is 673 g/mol. The van der Waals surface area contributed by atoms with Gasteiger partial charge in [-0.1, -0.05) is 79.2 Å². The number of sulfone groups is 1. The molecule has 0 spiro atoms.